The first-order valence-corrected chi connectivity index (χ1v) is 8.84. The molecule has 1 saturated carbocycles. The zero-order valence-electron chi connectivity index (χ0n) is 14.8. The maximum Gasteiger partial charge on any atom is 0.253 e. The molecule has 1 fully saturated rings. The summed E-state index contributed by atoms with van der Waals surface area (Å²) in [5.74, 6) is 0.674. The van der Waals surface area contributed by atoms with Gasteiger partial charge in [-0.3, -0.25) is 9.59 Å². The van der Waals surface area contributed by atoms with E-state index in [1.165, 1.54) is 0 Å². The van der Waals surface area contributed by atoms with E-state index >= 15 is 0 Å². The van der Waals surface area contributed by atoms with E-state index in [-0.39, 0.29) is 17.7 Å². The Labute approximate surface area is 157 Å². The molecular formula is C20H21ClN2O3. The van der Waals surface area contributed by atoms with Crippen molar-refractivity contribution in [3.63, 3.8) is 0 Å². The number of hydrogen-bond donors (Lipinski definition) is 1. The number of amides is 2. The van der Waals surface area contributed by atoms with E-state index in [9.17, 15) is 9.59 Å². The molecule has 0 aromatic heterocycles. The average molecular weight is 373 g/mol. The number of ether oxygens (including phenoxy) is 1. The molecule has 26 heavy (non-hydrogen) atoms. The molecule has 0 unspecified atom stereocenters. The van der Waals surface area contributed by atoms with Crippen LogP contribution < -0.4 is 10.1 Å². The lowest BCUT2D eigenvalue weighted by atomic mass is 10.1. The second-order valence-electron chi connectivity index (χ2n) is 6.46. The molecule has 0 heterocycles. The Morgan fingerprint density at radius 1 is 1.23 bits per heavy atom. The van der Waals surface area contributed by atoms with Gasteiger partial charge in [-0.1, -0.05) is 17.7 Å². The standard InChI is InChI=1S/C20H21ClN2O3/c1-23(12-15-10-16(21)8-9-18(15)26-2)20(25)14-4-3-5-17(11-14)22-19(24)13-6-7-13/h3-5,8-11,13H,6-7,12H2,1-2H3,(H,22,24). The Morgan fingerprint density at radius 2 is 2.00 bits per heavy atom. The maximum atomic E-state index is 12.8. The van der Waals surface area contributed by atoms with Gasteiger partial charge in [0.15, 0.2) is 0 Å². The van der Waals surface area contributed by atoms with Gasteiger partial charge in [0.25, 0.3) is 5.91 Å². The monoisotopic (exact) mass is 372 g/mol. The number of hydrogen-bond acceptors (Lipinski definition) is 3. The molecule has 1 N–H and O–H groups in total. The van der Waals surface area contributed by atoms with Gasteiger partial charge in [0.2, 0.25) is 5.91 Å². The molecule has 2 aromatic rings. The van der Waals surface area contributed by atoms with E-state index in [1.54, 1.807) is 61.5 Å². The second kappa shape index (κ2) is 7.79. The minimum atomic E-state index is -0.144. The van der Waals surface area contributed by atoms with E-state index < -0.39 is 0 Å². The highest BCUT2D eigenvalue weighted by molar-refractivity contribution is 6.30. The lowest BCUT2D eigenvalue weighted by Crippen LogP contribution is -2.26. The third-order valence-corrected chi connectivity index (χ3v) is 4.56. The molecule has 0 atom stereocenters. The average Bonchev–Trinajstić information content (AvgIpc) is 3.46. The molecule has 1 aliphatic rings. The minimum absolute atomic E-state index is 0.0200. The van der Waals surface area contributed by atoms with Gasteiger partial charge in [-0.05, 0) is 49.2 Å². The number of nitrogens with one attached hydrogen (secondary N) is 1. The van der Waals surface area contributed by atoms with Gasteiger partial charge in [-0.2, -0.15) is 0 Å². The molecule has 3 rings (SSSR count). The van der Waals surface area contributed by atoms with Gasteiger partial charge in [0, 0.05) is 41.3 Å². The molecule has 1 aliphatic carbocycles. The summed E-state index contributed by atoms with van der Waals surface area (Å²) in [5, 5.41) is 3.46. The quantitative estimate of drug-likeness (QED) is 0.834. The lowest BCUT2D eigenvalue weighted by Gasteiger charge is -2.19. The Morgan fingerprint density at radius 3 is 2.69 bits per heavy atom. The van der Waals surface area contributed by atoms with Crippen LogP contribution in [0.5, 0.6) is 5.75 Å². The van der Waals surface area contributed by atoms with E-state index in [0.717, 1.165) is 18.4 Å². The van der Waals surface area contributed by atoms with Gasteiger partial charge in [-0.25, -0.2) is 0 Å². The summed E-state index contributed by atoms with van der Waals surface area (Å²) in [6.07, 6.45) is 1.88. The molecule has 0 aliphatic heterocycles. The van der Waals surface area contributed by atoms with Crippen LogP contribution >= 0.6 is 11.6 Å². The van der Waals surface area contributed by atoms with Crippen LogP contribution in [0, 0.1) is 5.92 Å². The normalized spacial score (nSPS) is 13.2. The predicted molar refractivity (Wildman–Crippen MR) is 102 cm³/mol. The van der Waals surface area contributed by atoms with Crippen LogP contribution in [-0.4, -0.2) is 30.9 Å². The number of benzene rings is 2. The van der Waals surface area contributed by atoms with E-state index in [1.807, 2.05) is 0 Å². The summed E-state index contributed by atoms with van der Waals surface area (Å²) >= 11 is 6.05. The van der Waals surface area contributed by atoms with Gasteiger partial charge >= 0.3 is 0 Å². The summed E-state index contributed by atoms with van der Waals surface area (Å²) in [5.41, 5.74) is 1.98. The van der Waals surface area contributed by atoms with Crippen molar-refractivity contribution in [1.29, 1.82) is 0 Å². The summed E-state index contributed by atoms with van der Waals surface area (Å²) in [4.78, 5) is 26.3. The number of carbonyl (C=O) groups excluding carboxylic acids is 2. The maximum absolute atomic E-state index is 12.8. The Hall–Kier alpha value is -2.53. The molecule has 6 heteroatoms. The Kier molecular flexibility index (Phi) is 5.47. The fourth-order valence-electron chi connectivity index (χ4n) is 2.74. The Balaban J connectivity index is 1.72. The molecule has 2 amide bonds. The summed E-state index contributed by atoms with van der Waals surface area (Å²) in [6.45, 7) is 0.362. The largest absolute Gasteiger partial charge is 0.496 e. The predicted octanol–water partition coefficient (Wildman–Crippen LogP) is 3.97. The molecule has 0 radical (unpaired) electrons. The van der Waals surface area contributed by atoms with Crippen molar-refractivity contribution in [1.82, 2.24) is 4.90 Å². The zero-order valence-corrected chi connectivity index (χ0v) is 15.5. The van der Waals surface area contributed by atoms with Crippen molar-refractivity contribution < 1.29 is 14.3 Å². The highest BCUT2D eigenvalue weighted by atomic mass is 35.5. The van der Waals surface area contributed by atoms with Crippen LogP contribution in [0.25, 0.3) is 0 Å². The van der Waals surface area contributed by atoms with Crippen molar-refractivity contribution >= 4 is 29.1 Å². The highest BCUT2D eigenvalue weighted by Gasteiger charge is 2.29. The minimum Gasteiger partial charge on any atom is -0.496 e. The molecule has 0 spiro atoms. The van der Waals surface area contributed by atoms with Crippen LogP contribution in [0.4, 0.5) is 5.69 Å². The number of carbonyl (C=O) groups is 2. The number of rotatable bonds is 6. The first kappa shape index (κ1) is 18.3. The van der Waals surface area contributed by atoms with Gasteiger partial charge in [0.05, 0.1) is 7.11 Å². The number of halogens is 1. The summed E-state index contributed by atoms with van der Waals surface area (Å²) in [6, 6.07) is 12.3. The number of anilines is 1. The zero-order chi connectivity index (χ0) is 18.7. The van der Waals surface area contributed by atoms with E-state index in [2.05, 4.69) is 5.32 Å². The Bertz CT molecular complexity index is 834. The smallest absolute Gasteiger partial charge is 0.253 e. The molecule has 0 saturated heterocycles. The van der Waals surface area contributed by atoms with Crippen LogP contribution in [0.15, 0.2) is 42.5 Å². The third kappa shape index (κ3) is 4.35. The molecule has 2 aromatic carbocycles. The highest BCUT2D eigenvalue weighted by Crippen LogP contribution is 2.30. The van der Waals surface area contributed by atoms with Crippen LogP contribution in [0.2, 0.25) is 5.02 Å². The van der Waals surface area contributed by atoms with E-state index in [0.29, 0.717) is 28.6 Å². The van der Waals surface area contributed by atoms with Crippen molar-refractivity contribution in [2.75, 3.05) is 19.5 Å². The number of nitrogens with zero attached hydrogens (tertiary/aromatic N) is 1. The first-order chi connectivity index (χ1) is 12.5. The van der Waals surface area contributed by atoms with Crippen molar-refractivity contribution in [3.05, 3.63) is 58.6 Å². The topological polar surface area (TPSA) is 58.6 Å². The molecule has 5 nitrogen and oxygen atoms in total. The van der Waals surface area contributed by atoms with Crippen molar-refractivity contribution in [2.45, 2.75) is 19.4 Å². The summed E-state index contributed by atoms with van der Waals surface area (Å²) in [7, 11) is 3.30. The fraction of sp³-hybridized carbons (Fsp3) is 0.300. The molecule has 136 valence electrons. The number of methoxy groups -OCH3 is 1. The SMILES string of the molecule is COc1ccc(Cl)cc1CN(C)C(=O)c1cccc(NC(=O)C2CC2)c1. The third-order valence-electron chi connectivity index (χ3n) is 4.32. The van der Waals surface area contributed by atoms with Crippen LogP contribution in [-0.2, 0) is 11.3 Å². The van der Waals surface area contributed by atoms with Gasteiger partial charge in [-0.15, -0.1) is 0 Å². The molecular weight excluding hydrogens is 352 g/mol. The fourth-order valence-corrected chi connectivity index (χ4v) is 2.93. The van der Waals surface area contributed by atoms with Gasteiger partial charge in [0.1, 0.15) is 5.75 Å². The van der Waals surface area contributed by atoms with E-state index in [4.69, 9.17) is 16.3 Å². The lowest BCUT2D eigenvalue weighted by molar-refractivity contribution is -0.117. The van der Waals surface area contributed by atoms with Gasteiger partial charge < -0.3 is 15.0 Å². The molecule has 0 bridgehead atoms. The van der Waals surface area contributed by atoms with Crippen LogP contribution in [0.3, 0.4) is 0 Å². The van der Waals surface area contributed by atoms with Crippen molar-refractivity contribution in [2.24, 2.45) is 5.92 Å². The first-order valence-electron chi connectivity index (χ1n) is 8.46. The summed E-state index contributed by atoms with van der Waals surface area (Å²) < 4.78 is 5.33. The van der Waals surface area contributed by atoms with Crippen LogP contribution in [0.1, 0.15) is 28.8 Å². The second-order valence-corrected chi connectivity index (χ2v) is 6.90. The van der Waals surface area contributed by atoms with Crippen molar-refractivity contribution in [3.8, 4) is 5.75 Å².